The normalized spacial score (nSPS) is 32.9. The molecule has 1 aromatic rings. The molecular weight excluding hydrogens is 474 g/mol. The van der Waals surface area contributed by atoms with Crippen LogP contribution in [0.3, 0.4) is 0 Å². The predicted molar refractivity (Wildman–Crippen MR) is 137 cm³/mol. The number of fused-ring (bicyclic) bond motifs is 1. The van der Waals surface area contributed by atoms with Crippen molar-refractivity contribution in [1.29, 1.82) is 0 Å². The quantitative estimate of drug-likeness (QED) is 0.467. The third-order valence-electron chi connectivity index (χ3n) is 8.75. The molecule has 9 nitrogen and oxygen atoms in total. The first kappa shape index (κ1) is 26.0. The predicted octanol–water partition coefficient (Wildman–Crippen LogP) is 2.62. The van der Waals surface area contributed by atoms with E-state index in [0.29, 0.717) is 37.3 Å². The summed E-state index contributed by atoms with van der Waals surface area (Å²) in [7, 11) is 0. The van der Waals surface area contributed by atoms with E-state index >= 15 is 0 Å². The van der Waals surface area contributed by atoms with Crippen LogP contribution in [0.4, 0.5) is 5.69 Å². The van der Waals surface area contributed by atoms with Crippen molar-refractivity contribution in [3.8, 4) is 5.75 Å². The summed E-state index contributed by atoms with van der Waals surface area (Å²) in [6.07, 6.45) is 6.72. The number of aliphatic hydroxyl groups is 1. The standard InChI is InChI=1S/C28H39N3O6/c1-3-36-20-12-10-19(11-13-20)29-24(33)21-22-26(35)31(16-7-17-32)23(28(22)15-14-27(21,2)37-28)25(34)30-18-8-5-4-6-9-18/h10-13,18,21-23,32H,3-9,14-17H2,1-2H3,(H,29,33)(H,30,34)/t21-,22-,23?,27+,28?/m0/s1. The first-order valence-corrected chi connectivity index (χ1v) is 13.8. The Morgan fingerprint density at radius 1 is 1.14 bits per heavy atom. The van der Waals surface area contributed by atoms with Gasteiger partial charge >= 0.3 is 0 Å². The minimum Gasteiger partial charge on any atom is -0.494 e. The highest BCUT2D eigenvalue weighted by atomic mass is 16.5. The molecule has 4 fully saturated rings. The number of carbonyl (C=O) groups is 3. The van der Waals surface area contributed by atoms with Gasteiger partial charge in [-0.05, 0) is 70.2 Å². The number of aliphatic hydroxyl groups excluding tert-OH is 1. The second-order valence-electron chi connectivity index (χ2n) is 11.1. The Labute approximate surface area is 218 Å². The molecule has 1 spiro atoms. The Morgan fingerprint density at radius 2 is 1.86 bits per heavy atom. The summed E-state index contributed by atoms with van der Waals surface area (Å²) >= 11 is 0. The molecule has 3 heterocycles. The molecule has 37 heavy (non-hydrogen) atoms. The lowest BCUT2D eigenvalue weighted by Gasteiger charge is -2.35. The van der Waals surface area contributed by atoms with Crippen LogP contribution >= 0.6 is 0 Å². The van der Waals surface area contributed by atoms with Crippen molar-refractivity contribution in [2.45, 2.75) is 88.5 Å². The van der Waals surface area contributed by atoms with Crippen molar-refractivity contribution in [2.75, 3.05) is 25.1 Å². The van der Waals surface area contributed by atoms with E-state index in [0.717, 1.165) is 25.7 Å². The number of nitrogens with zero attached hydrogens (tertiary/aromatic N) is 1. The Morgan fingerprint density at radius 3 is 2.54 bits per heavy atom. The second kappa shape index (κ2) is 10.3. The van der Waals surface area contributed by atoms with Gasteiger partial charge in [-0.3, -0.25) is 14.4 Å². The molecule has 3 amide bonds. The zero-order valence-corrected chi connectivity index (χ0v) is 21.8. The molecule has 5 rings (SSSR count). The average Bonchev–Trinajstić information content (AvgIpc) is 3.45. The van der Waals surface area contributed by atoms with Crippen LogP contribution in [-0.2, 0) is 19.1 Å². The molecule has 202 valence electrons. The zero-order chi connectivity index (χ0) is 26.2. The van der Waals surface area contributed by atoms with Gasteiger partial charge < -0.3 is 30.1 Å². The number of hydrogen-bond donors (Lipinski definition) is 3. The van der Waals surface area contributed by atoms with Crippen molar-refractivity contribution < 1.29 is 29.0 Å². The minimum absolute atomic E-state index is 0.0847. The lowest BCUT2D eigenvalue weighted by Crippen LogP contribution is -2.57. The van der Waals surface area contributed by atoms with Crippen molar-refractivity contribution in [3.05, 3.63) is 24.3 Å². The maximum absolute atomic E-state index is 13.9. The fourth-order valence-electron chi connectivity index (χ4n) is 7.16. The maximum Gasteiger partial charge on any atom is 0.246 e. The van der Waals surface area contributed by atoms with Crippen LogP contribution in [0.1, 0.15) is 65.2 Å². The zero-order valence-electron chi connectivity index (χ0n) is 21.8. The molecular formula is C28H39N3O6. The number of carbonyl (C=O) groups excluding carboxylic acids is 3. The SMILES string of the molecule is CCOc1ccc(NC(=O)[C@@H]2[C@H]3C(=O)N(CCCO)C(C(=O)NC4CCCCC4)C34CC[C@@]2(C)O4)cc1. The summed E-state index contributed by atoms with van der Waals surface area (Å²) in [5.74, 6) is -1.45. The smallest absolute Gasteiger partial charge is 0.246 e. The van der Waals surface area contributed by atoms with Crippen LogP contribution in [-0.4, -0.2) is 70.8 Å². The molecule has 2 unspecified atom stereocenters. The van der Waals surface area contributed by atoms with E-state index in [9.17, 15) is 19.5 Å². The molecule has 1 saturated carbocycles. The third kappa shape index (κ3) is 4.50. The van der Waals surface area contributed by atoms with Gasteiger partial charge in [-0.25, -0.2) is 0 Å². The van der Waals surface area contributed by atoms with E-state index in [2.05, 4.69) is 10.6 Å². The Kier molecular flexibility index (Phi) is 7.20. The van der Waals surface area contributed by atoms with Gasteiger partial charge in [0.2, 0.25) is 17.7 Å². The Bertz CT molecular complexity index is 1030. The highest BCUT2D eigenvalue weighted by Crippen LogP contribution is 2.63. The lowest BCUT2D eigenvalue weighted by atomic mass is 9.66. The van der Waals surface area contributed by atoms with Gasteiger partial charge in [-0.1, -0.05) is 19.3 Å². The summed E-state index contributed by atoms with van der Waals surface area (Å²) in [5, 5.41) is 15.7. The van der Waals surface area contributed by atoms with Crippen LogP contribution in [0.15, 0.2) is 24.3 Å². The first-order valence-electron chi connectivity index (χ1n) is 13.8. The number of amides is 3. The molecule has 9 heteroatoms. The van der Waals surface area contributed by atoms with Gasteiger partial charge in [-0.2, -0.15) is 0 Å². The van der Waals surface area contributed by atoms with Crippen LogP contribution in [0.25, 0.3) is 0 Å². The Balaban J connectivity index is 1.41. The highest BCUT2D eigenvalue weighted by Gasteiger charge is 2.77. The van der Waals surface area contributed by atoms with Gasteiger partial charge in [0, 0.05) is 24.9 Å². The summed E-state index contributed by atoms with van der Waals surface area (Å²) in [6, 6.07) is 6.44. The molecule has 1 aromatic carbocycles. The molecule has 0 aromatic heterocycles. The number of ether oxygens (including phenoxy) is 2. The van der Waals surface area contributed by atoms with Gasteiger partial charge in [0.05, 0.1) is 24.0 Å². The van der Waals surface area contributed by atoms with E-state index in [1.54, 1.807) is 29.2 Å². The third-order valence-corrected chi connectivity index (χ3v) is 8.75. The van der Waals surface area contributed by atoms with Crippen LogP contribution in [0.5, 0.6) is 5.75 Å². The van der Waals surface area contributed by atoms with Gasteiger partial charge in [0.25, 0.3) is 0 Å². The summed E-state index contributed by atoms with van der Waals surface area (Å²) in [6.45, 7) is 4.52. The summed E-state index contributed by atoms with van der Waals surface area (Å²) in [5.41, 5.74) is -1.26. The average molecular weight is 514 g/mol. The van der Waals surface area contributed by atoms with E-state index in [-0.39, 0.29) is 36.9 Å². The second-order valence-corrected chi connectivity index (χ2v) is 11.1. The molecule has 3 saturated heterocycles. The van der Waals surface area contributed by atoms with E-state index < -0.39 is 29.1 Å². The number of anilines is 1. The van der Waals surface area contributed by atoms with Crippen LogP contribution in [0.2, 0.25) is 0 Å². The van der Waals surface area contributed by atoms with Crippen molar-refractivity contribution in [1.82, 2.24) is 10.2 Å². The highest BCUT2D eigenvalue weighted by molar-refractivity contribution is 6.02. The van der Waals surface area contributed by atoms with E-state index in [1.165, 1.54) is 6.42 Å². The maximum atomic E-state index is 13.9. The largest absolute Gasteiger partial charge is 0.494 e. The fourth-order valence-corrected chi connectivity index (χ4v) is 7.16. The van der Waals surface area contributed by atoms with Crippen molar-refractivity contribution in [2.24, 2.45) is 11.8 Å². The van der Waals surface area contributed by atoms with Gasteiger partial charge in [-0.15, -0.1) is 0 Å². The molecule has 4 aliphatic rings. The molecule has 5 atom stereocenters. The van der Waals surface area contributed by atoms with E-state index in [1.807, 2.05) is 13.8 Å². The summed E-state index contributed by atoms with van der Waals surface area (Å²) in [4.78, 5) is 42.9. The monoisotopic (exact) mass is 513 g/mol. The van der Waals surface area contributed by atoms with Crippen LogP contribution < -0.4 is 15.4 Å². The Hall–Kier alpha value is -2.65. The van der Waals surface area contributed by atoms with Crippen molar-refractivity contribution >= 4 is 23.4 Å². The lowest BCUT2D eigenvalue weighted by molar-refractivity contribution is -0.145. The number of likely N-dealkylation sites (tertiary alicyclic amines) is 1. The van der Waals surface area contributed by atoms with Crippen molar-refractivity contribution in [3.63, 3.8) is 0 Å². The molecule has 3 aliphatic heterocycles. The fraction of sp³-hybridized carbons (Fsp3) is 0.679. The topological polar surface area (TPSA) is 117 Å². The number of benzene rings is 1. The molecule has 2 bridgehead atoms. The molecule has 1 aliphatic carbocycles. The number of nitrogens with one attached hydrogen (secondary N) is 2. The summed E-state index contributed by atoms with van der Waals surface area (Å²) < 4.78 is 12.1. The van der Waals surface area contributed by atoms with Gasteiger partial charge in [0.15, 0.2) is 0 Å². The number of rotatable bonds is 9. The van der Waals surface area contributed by atoms with E-state index in [4.69, 9.17) is 9.47 Å². The molecule has 3 N–H and O–H groups in total. The molecule has 0 radical (unpaired) electrons. The first-order chi connectivity index (χ1) is 17.8. The number of hydrogen-bond acceptors (Lipinski definition) is 6. The minimum atomic E-state index is -1.04. The van der Waals surface area contributed by atoms with Crippen LogP contribution in [0, 0.1) is 11.8 Å². The van der Waals surface area contributed by atoms with Gasteiger partial charge in [0.1, 0.15) is 17.4 Å².